The molecule has 2 atom stereocenters. The molecule has 0 spiro atoms. The smallest absolute Gasteiger partial charge is 0.115 e. The van der Waals surface area contributed by atoms with Gasteiger partial charge in [0.2, 0.25) is 0 Å². The van der Waals surface area contributed by atoms with Crippen LogP contribution in [0, 0.1) is 0 Å². The molecule has 0 fully saturated rings. The van der Waals surface area contributed by atoms with Crippen molar-refractivity contribution in [3.8, 4) is 11.5 Å². The third-order valence-corrected chi connectivity index (χ3v) is 6.87. The topological polar surface area (TPSA) is 60.7 Å². The lowest BCUT2D eigenvalue weighted by Gasteiger charge is -2.35. The first-order valence-corrected chi connectivity index (χ1v) is 11.0. The van der Waals surface area contributed by atoms with Gasteiger partial charge in [-0.1, -0.05) is 80.6 Å². The summed E-state index contributed by atoms with van der Waals surface area (Å²) in [6, 6.07) is 23.4. The van der Waals surface area contributed by atoms with Crippen molar-refractivity contribution in [1.29, 1.82) is 0 Å². The first kappa shape index (κ1) is 21.9. The zero-order valence-electron chi connectivity index (χ0n) is 18.8. The molecule has 3 aromatic rings. The van der Waals surface area contributed by atoms with Crippen LogP contribution in [0.3, 0.4) is 0 Å². The maximum absolute atomic E-state index is 9.94. The quantitative estimate of drug-likeness (QED) is 0.470. The molecule has 0 saturated heterocycles. The van der Waals surface area contributed by atoms with Crippen LogP contribution < -0.4 is 0 Å². The molecule has 0 amide bonds. The van der Waals surface area contributed by atoms with Gasteiger partial charge in [-0.25, -0.2) is 0 Å². The number of aliphatic hydroxyl groups is 1. The average Bonchev–Trinajstić information content (AvgIpc) is 2.80. The van der Waals surface area contributed by atoms with Crippen molar-refractivity contribution < 1.29 is 15.3 Å². The Morgan fingerprint density at radius 3 is 1.50 bits per heavy atom. The van der Waals surface area contributed by atoms with Crippen LogP contribution in [0.2, 0.25) is 0 Å². The van der Waals surface area contributed by atoms with E-state index in [1.54, 1.807) is 24.3 Å². The van der Waals surface area contributed by atoms with E-state index in [1.165, 1.54) is 5.56 Å². The van der Waals surface area contributed by atoms with Crippen LogP contribution in [0.1, 0.15) is 49.4 Å². The van der Waals surface area contributed by atoms with E-state index in [0.717, 1.165) is 22.3 Å². The normalized spacial score (nSPS) is 18.1. The van der Waals surface area contributed by atoms with Crippen molar-refractivity contribution >= 4 is 0 Å². The molecule has 0 radical (unpaired) electrons. The van der Waals surface area contributed by atoms with Gasteiger partial charge in [0.05, 0.1) is 6.10 Å². The summed E-state index contributed by atoms with van der Waals surface area (Å²) in [5.74, 6) is 0.508. The van der Waals surface area contributed by atoms with Gasteiger partial charge in [-0.15, -0.1) is 0 Å². The van der Waals surface area contributed by atoms with Crippen LogP contribution >= 0.6 is 0 Å². The lowest BCUT2D eigenvalue weighted by molar-refractivity contribution is 0.224. The molecule has 164 valence electrons. The fourth-order valence-corrected chi connectivity index (χ4v) is 4.54. The molecule has 1 aliphatic carbocycles. The number of hydrogen-bond donors (Lipinski definition) is 3. The van der Waals surface area contributed by atoms with Gasteiger partial charge in [-0.2, -0.15) is 0 Å². The van der Waals surface area contributed by atoms with E-state index in [-0.39, 0.29) is 16.9 Å². The van der Waals surface area contributed by atoms with Crippen molar-refractivity contribution in [3.05, 3.63) is 119 Å². The van der Waals surface area contributed by atoms with Gasteiger partial charge in [-0.05, 0) is 65.4 Å². The van der Waals surface area contributed by atoms with Crippen LogP contribution in [0.15, 0.2) is 96.6 Å². The molecule has 3 N–H and O–H groups in total. The van der Waals surface area contributed by atoms with Gasteiger partial charge < -0.3 is 15.3 Å². The van der Waals surface area contributed by atoms with E-state index in [2.05, 4.69) is 51.1 Å². The highest BCUT2D eigenvalue weighted by Gasteiger charge is 2.33. The van der Waals surface area contributed by atoms with Crippen molar-refractivity contribution in [2.24, 2.45) is 0 Å². The van der Waals surface area contributed by atoms with Crippen LogP contribution in [-0.2, 0) is 10.8 Å². The molecular formula is C29H30O3. The minimum absolute atomic E-state index is 0.213. The highest BCUT2D eigenvalue weighted by Crippen LogP contribution is 2.42. The molecule has 0 aromatic heterocycles. The molecule has 3 nitrogen and oxygen atoms in total. The first-order chi connectivity index (χ1) is 15.2. The maximum atomic E-state index is 9.94. The van der Waals surface area contributed by atoms with Crippen molar-refractivity contribution in [1.82, 2.24) is 0 Å². The molecule has 3 heteroatoms. The molecule has 1 aliphatic rings. The lowest BCUT2D eigenvalue weighted by atomic mass is 9.68. The van der Waals surface area contributed by atoms with Gasteiger partial charge in [0.15, 0.2) is 0 Å². The Hall–Kier alpha value is -3.30. The van der Waals surface area contributed by atoms with E-state index < -0.39 is 11.5 Å². The summed E-state index contributed by atoms with van der Waals surface area (Å²) in [5.41, 5.74) is 5.02. The number of allylic oxidation sites excluding steroid dienone is 2. The Kier molecular flexibility index (Phi) is 5.70. The Morgan fingerprint density at radius 2 is 1.06 bits per heavy atom. The number of rotatable bonds is 5. The van der Waals surface area contributed by atoms with E-state index in [0.29, 0.717) is 6.42 Å². The van der Waals surface area contributed by atoms with E-state index in [1.807, 2.05) is 36.4 Å². The number of phenolic OH excluding ortho intramolecular Hbond substituents is 2. The van der Waals surface area contributed by atoms with E-state index in [4.69, 9.17) is 0 Å². The summed E-state index contributed by atoms with van der Waals surface area (Å²) in [7, 11) is 0. The van der Waals surface area contributed by atoms with Crippen LogP contribution in [-0.4, -0.2) is 21.4 Å². The van der Waals surface area contributed by atoms with Crippen molar-refractivity contribution in [3.63, 3.8) is 0 Å². The molecule has 3 aromatic carbocycles. The van der Waals surface area contributed by atoms with E-state index >= 15 is 0 Å². The summed E-state index contributed by atoms with van der Waals surface area (Å²) in [6.07, 6.45) is 6.10. The first-order valence-electron chi connectivity index (χ1n) is 11.0. The summed E-state index contributed by atoms with van der Waals surface area (Å²) in [6.45, 7) is 6.55. The highest BCUT2D eigenvalue weighted by atomic mass is 16.3. The second kappa shape index (κ2) is 8.33. The predicted molar refractivity (Wildman–Crippen MR) is 129 cm³/mol. The maximum Gasteiger partial charge on any atom is 0.115 e. The molecule has 0 saturated carbocycles. The fraction of sp³-hybridized carbons (Fsp3) is 0.241. The second-order valence-corrected chi connectivity index (χ2v) is 9.24. The summed E-state index contributed by atoms with van der Waals surface area (Å²) in [5, 5.41) is 29.4. The predicted octanol–water partition coefficient (Wildman–Crippen LogP) is 5.98. The summed E-state index contributed by atoms with van der Waals surface area (Å²) >= 11 is 0. The lowest BCUT2D eigenvalue weighted by Crippen LogP contribution is -2.28. The van der Waals surface area contributed by atoms with E-state index in [9.17, 15) is 15.3 Å². The number of hydrogen-bond acceptors (Lipinski definition) is 3. The SMILES string of the molecule is CC(C)(c1ccc(O)cc1)c1ccc(C(C)(C2=CCC(O)C=C2)c2ccc(O)cc2)cc1. The summed E-state index contributed by atoms with van der Waals surface area (Å²) in [4.78, 5) is 0. The molecule has 0 aliphatic heterocycles. The molecule has 32 heavy (non-hydrogen) atoms. The minimum atomic E-state index is -0.448. The standard InChI is InChI=1S/C29H30O3/c1-28(2,21-8-14-25(30)15-9-21)20-4-6-22(7-5-20)29(3,23-10-16-26(31)17-11-23)24-12-18-27(32)19-13-24/h4-18,27,30-32H,19H2,1-3H3. The van der Waals surface area contributed by atoms with Crippen LogP contribution in [0.25, 0.3) is 0 Å². The second-order valence-electron chi connectivity index (χ2n) is 9.24. The van der Waals surface area contributed by atoms with Gasteiger partial charge >= 0.3 is 0 Å². The number of benzene rings is 3. The Labute approximate surface area is 190 Å². The zero-order chi connectivity index (χ0) is 22.9. The number of aromatic hydroxyl groups is 2. The van der Waals surface area contributed by atoms with Gasteiger partial charge in [0, 0.05) is 10.8 Å². The minimum Gasteiger partial charge on any atom is -0.508 e. The van der Waals surface area contributed by atoms with Crippen LogP contribution in [0.4, 0.5) is 0 Å². The molecule has 4 rings (SSSR count). The summed E-state index contributed by atoms with van der Waals surface area (Å²) < 4.78 is 0. The Morgan fingerprint density at radius 1 is 0.656 bits per heavy atom. The third kappa shape index (κ3) is 3.96. The van der Waals surface area contributed by atoms with Crippen molar-refractivity contribution in [2.75, 3.05) is 0 Å². The number of aliphatic hydroxyl groups excluding tert-OH is 1. The van der Waals surface area contributed by atoms with Gasteiger partial charge in [0.1, 0.15) is 11.5 Å². The monoisotopic (exact) mass is 426 g/mol. The molecular weight excluding hydrogens is 396 g/mol. The molecule has 2 unspecified atom stereocenters. The Bertz CT molecular complexity index is 1140. The van der Waals surface area contributed by atoms with Gasteiger partial charge in [-0.3, -0.25) is 0 Å². The average molecular weight is 427 g/mol. The van der Waals surface area contributed by atoms with Crippen LogP contribution in [0.5, 0.6) is 11.5 Å². The largest absolute Gasteiger partial charge is 0.508 e. The molecule has 0 bridgehead atoms. The number of phenols is 2. The third-order valence-electron chi connectivity index (χ3n) is 6.87. The molecule has 0 heterocycles. The zero-order valence-corrected chi connectivity index (χ0v) is 18.8. The fourth-order valence-electron chi connectivity index (χ4n) is 4.54. The Balaban J connectivity index is 1.76. The highest BCUT2D eigenvalue weighted by molar-refractivity contribution is 5.54. The van der Waals surface area contributed by atoms with Gasteiger partial charge in [0.25, 0.3) is 0 Å². The van der Waals surface area contributed by atoms with Crippen molar-refractivity contribution in [2.45, 2.75) is 44.1 Å².